The van der Waals surface area contributed by atoms with E-state index in [9.17, 15) is 9.59 Å². The Morgan fingerprint density at radius 2 is 2.06 bits per heavy atom. The van der Waals surface area contributed by atoms with E-state index in [1.807, 2.05) is 6.07 Å². The third-order valence-corrected chi connectivity index (χ3v) is 2.57. The van der Waals surface area contributed by atoms with Crippen LogP contribution in [-0.2, 0) is 21.8 Å². The summed E-state index contributed by atoms with van der Waals surface area (Å²) >= 11 is 5.72. The number of Topliss-reactive ketones (excluding diaryl/α,β-unsaturated/α-hetero) is 1. The number of carbonyl (C=O) groups excluding carboxylic acids is 2. The molecule has 1 aromatic rings. The van der Waals surface area contributed by atoms with Gasteiger partial charge in [0, 0.05) is 12.3 Å². The van der Waals surface area contributed by atoms with E-state index in [2.05, 4.69) is 0 Å². The second kappa shape index (κ2) is 6.40. The second-order valence-electron chi connectivity index (χ2n) is 3.72. The van der Waals surface area contributed by atoms with Gasteiger partial charge in [0.1, 0.15) is 5.78 Å². The summed E-state index contributed by atoms with van der Waals surface area (Å²) in [6, 6.07) is 5.25. The van der Waals surface area contributed by atoms with Crippen molar-refractivity contribution in [3.8, 4) is 0 Å². The predicted octanol–water partition coefficient (Wildman–Crippen LogP) is 2.73. The minimum Gasteiger partial charge on any atom is -0.462 e. The van der Waals surface area contributed by atoms with E-state index >= 15 is 0 Å². The second-order valence-corrected chi connectivity index (χ2v) is 3.99. The van der Waals surface area contributed by atoms with Crippen LogP contribution >= 0.6 is 11.6 Å². The highest BCUT2D eigenvalue weighted by molar-refractivity contribution is 6.17. The average Bonchev–Trinajstić information content (AvgIpc) is 2.29. The van der Waals surface area contributed by atoms with Gasteiger partial charge in [-0.3, -0.25) is 4.79 Å². The number of carbonyl (C=O) groups is 2. The number of ether oxygens (including phenoxy) is 1. The van der Waals surface area contributed by atoms with Gasteiger partial charge in [-0.25, -0.2) is 4.79 Å². The van der Waals surface area contributed by atoms with Crippen molar-refractivity contribution in [2.75, 3.05) is 6.61 Å². The number of alkyl halides is 1. The van der Waals surface area contributed by atoms with Crippen LogP contribution in [0.4, 0.5) is 0 Å². The Labute approximate surface area is 106 Å². The van der Waals surface area contributed by atoms with Crippen molar-refractivity contribution in [1.29, 1.82) is 0 Å². The number of hydrogen-bond donors (Lipinski definition) is 0. The van der Waals surface area contributed by atoms with Crippen molar-refractivity contribution in [2.24, 2.45) is 0 Å². The average molecular weight is 255 g/mol. The summed E-state index contributed by atoms with van der Waals surface area (Å²) in [5.74, 6) is -0.0721. The molecule has 3 nitrogen and oxygen atoms in total. The molecular weight excluding hydrogens is 240 g/mol. The first-order chi connectivity index (χ1) is 8.08. The van der Waals surface area contributed by atoms with Crippen molar-refractivity contribution in [3.05, 3.63) is 34.9 Å². The van der Waals surface area contributed by atoms with Gasteiger partial charge in [0.2, 0.25) is 0 Å². The Bertz CT molecular complexity index is 427. The van der Waals surface area contributed by atoms with Crippen LogP contribution in [0.25, 0.3) is 0 Å². The highest BCUT2D eigenvalue weighted by atomic mass is 35.5. The molecule has 0 heterocycles. The summed E-state index contributed by atoms with van der Waals surface area (Å²) in [6.07, 6.45) is 0.233. The number of benzene rings is 1. The van der Waals surface area contributed by atoms with Gasteiger partial charge in [0.15, 0.2) is 0 Å². The SMILES string of the molecule is CCOC(=O)c1cc(CCl)ccc1CC(C)=O. The lowest BCUT2D eigenvalue weighted by Crippen LogP contribution is -2.10. The van der Waals surface area contributed by atoms with E-state index in [4.69, 9.17) is 16.3 Å². The molecule has 0 amide bonds. The first-order valence-corrected chi connectivity index (χ1v) is 5.96. The molecule has 0 fully saturated rings. The van der Waals surface area contributed by atoms with Gasteiger partial charge in [-0.15, -0.1) is 11.6 Å². The minimum atomic E-state index is -0.407. The van der Waals surface area contributed by atoms with E-state index in [1.165, 1.54) is 6.92 Å². The highest BCUT2D eigenvalue weighted by Gasteiger charge is 2.14. The van der Waals surface area contributed by atoms with Crippen molar-refractivity contribution < 1.29 is 14.3 Å². The topological polar surface area (TPSA) is 43.4 Å². The van der Waals surface area contributed by atoms with E-state index in [1.54, 1.807) is 19.1 Å². The molecule has 0 saturated heterocycles. The van der Waals surface area contributed by atoms with Crippen LogP contribution in [0.5, 0.6) is 0 Å². The molecule has 17 heavy (non-hydrogen) atoms. The van der Waals surface area contributed by atoms with Gasteiger partial charge in [0.25, 0.3) is 0 Å². The molecule has 0 N–H and O–H groups in total. The smallest absolute Gasteiger partial charge is 0.338 e. The minimum absolute atomic E-state index is 0.00849. The number of halogens is 1. The van der Waals surface area contributed by atoms with Gasteiger partial charge in [0.05, 0.1) is 12.2 Å². The van der Waals surface area contributed by atoms with Crippen molar-refractivity contribution >= 4 is 23.4 Å². The molecule has 0 radical (unpaired) electrons. The molecular formula is C13H15ClO3. The first kappa shape index (κ1) is 13.7. The molecule has 0 spiro atoms. The molecule has 4 heteroatoms. The Kier molecular flexibility index (Phi) is 5.16. The van der Waals surface area contributed by atoms with Crippen LogP contribution in [-0.4, -0.2) is 18.4 Å². The van der Waals surface area contributed by atoms with Crippen molar-refractivity contribution in [3.63, 3.8) is 0 Å². The third-order valence-electron chi connectivity index (χ3n) is 2.26. The summed E-state index contributed by atoms with van der Waals surface area (Å²) in [4.78, 5) is 22.9. The van der Waals surface area contributed by atoms with Gasteiger partial charge < -0.3 is 4.74 Å². The lowest BCUT2D eigenvalue weighted by molar-refractivity contribution is -0.116. The van der Waals surface area contributed by atoms with Crippen LogP contribution < -0.4 is 0 Å². The standard InChI is InChI=1S/C13H15ClO3/c1-3-17-13(16)12-7-10(8-14)4-5-11(12)6-9(2)15/h4-5,7H,3,6,8H2,1-2H3. The molecule has 0 aromatic heterocycles. The zero-order valence-electron chi connectivity index (χ0n) is 9.96. The number of rotatable bonds is 5. The summed E-state index contributed by atoms with van der Waals surface area (Å²) in [6.45, 7) is 3.54. The normalized spacial score (nSPS) is 10.1. The molecule has 0 bridgehead atoms. The van der Waals surface area contributed by atoms with Crippen LogP contribution in [0.2, 0.25) is 0 Å². The molecule has 0 saturated carbocycles. The predicted molar refractivity (Wildman–Crippen MR) is 66.3 cm³/mol. The van der Waals surface area contributed by atoms with E-state index < -0.39 is 5.97 Å². The summed E-state index contributed by atoms with van der Waals surface area (Å²) in [5.41, 5.74) is 1.95. The third kappa shape index (κ3) is 3.86. The van der Waals surface area contributed by atoms with Gasteiger partial charge >= 0.3 is 5.97 Å². The Morgan fingerprint density at radius 1 is 1.35 bits per heavy atom. The lowest BCUT2D eigenvalue weighted by atomic mass is 10.0. The summed E-state index contributed by atoms with van der Waals surface area (Å²) in [7, 11) is 0. The van der Waals surface area contributed by atoms with Crippen molar-refractivity contribution in [2.45, 2.75) is 26.1 Å². The monoisotopic (exact) mass is 254 g/mol. The maximum absolute atomic E-state index is 11.7. The highest BCUT2D eigenvalue weighted by Crippen LogP contribution is 2.16. The van der Waals surface area contributed by atoms with E-state index in [-0.39, 0.29) is 12.2 Å². The van der Waals surface area contributed by atoms with Crippen LogP contribution in [0.1, 0.15) is 35.3 Å². The maximum atomic E-state index is 11.7. The molecule has 92 valence electrons. The zero-order chi connectivity index (χ0) is 12.8. The Hall–Kier alpha value is -1.35. The Morgan fingerprint density at radius 3 is 2.59 bits per heavy atom. The van der Waals surface area contributed by atoms with Crippen LogP contribution in [0, 0.1) is 0 Å². The molecule has 0 aliphatic carbocycles. The lowest BCUT2D eigenvalue weighted by Gasteiger charge is -2.09. The number of ketones is 1. The summed E-state index contributed by atoms with van der Waals surface area (Å²) in [5, 5.41) is 0. The van der Waals surface area contributed by atoms with Crippen LogP contribution in [0.15, 0.2) is 18.2 Å². The Balaban J connectivity index is 3.10. The molecule has 1 aromatic carbocycles. The van der Waals surface area contributed by atoms with Crippen LogP contribution in [0.3, 0.4) is 0 Å². The molecule has 0 aliphatic heterocycles. The fraction of sp³-hybridized carbons (Fsp3) is 0.385. The first-order valence-electron chi connectivity index (χ1n) is 5.42. The fourth-order valence-corrected chi connectivity index (χ4v) is 1.69. The van der Waals surface area contributed by atoms with Crippen molar-refractivity contribution in [1.82, 2.24) is 0 Å². The van der Waals surface area contributed by atoms with E-state index in [0.29, 0.717) is 23.6 Å². The molecule has 1 rings (SSSR count). The summed E-state index contributed by atoms with van der Waals surface area (Å²) < 4.78 is 4.96. The molecule has 0 unspecified atom stereocenters. The quantitative estimate of drug-likeness (QED) is 0.599. The number of hydrogen-bond acceptors (Lipinski definition) is 3. The largest absolute Gasteiger partial charge is 0.462 e. The fourth-order valence-electron chi connectivity index (χ4n) is 1.53. The molecule has 0 atom stereocenters. The maximum Gasteiger partial charge on any atom is 0.338 e. The van der Waals surface area contributed by atoms with Gasteiger partial charge in [-0.2, -0.15) is 0 Å². The molecule has 0 aliphatic rings. The number of esters is 1. The zero-order valence-corrected chi connectivity index (χ0v) is 10.7. The van der Waals surface area contributed by atoms with Gasteiger partial charge in [-0.1, -0.05) is 12.1 Å². The van der Waals surface area contributed by atoms with Gasteiger partial charge in [-0.05, 0) is 31.0 Å². The van der Waals surface area contributed by atoms with E-state index in [0.717, 1.165) is 5.56 Å².